The van der Waals surface area contributed by atoms with Crippen LogP contribution in [0.4, 0.5) is 26.7 Å². The lowest BCUT2D eigenvalue weighted by atomic mass is 9.79. The highest BCUT2D eigenvalue weighted by molar-refractivity contribution is 6.30. The van der Waals surface area contributed by atoms with Crippen molar-refractivity contribution in [2.75, 3.05) is 0 Å². The van der Waals surface area contributed by atoms with Gasteiger partial charge in [0.05, 0.1) is 29.4 Å². The highest BCUT2D eigenvalue weighted by atomic mass is 35.5. The maximum absolute atomic E-state index is 13.8. The van der Waals surface area contributed by atoms with Crippen LogP contribution in [0.2, 0.25) is 5.15 Å². The lowest BCUT2D eigenvalue weighted by Gasteiger charge is -2.34. The summed E-state index contributed by atoms with van der Waals surface area (Å²) in [6.45, 7) is 6.98. The summed E-state index contributed by atoms with van der Waals surface area (Å²) in [6.07, 6.45) is -3.60. The number of nitrogens with zero attached hydrogens (tertiary/aromatic N) is 3. The number of amides is 2. The number of aromatic nitrogens is 3. The van der Waals surface area contributed by atoms with Crippen molar-refractivity contribution in [1.82, 2.24) is 25.2 Å². The fourth-order valence-corrected chi connectivity index (χ4v) is 5.18. The number of halogens is 6. The standard InChI is InChI=1S/C27H35ClF5N5O3/c1-24(2,3)41-23(40)35-17(12-25(4,5)27(31,32)33)18-13-38-19(34-18)9-16(22(28)37-38)21(15-6-7-15)36-20(39)8-14-10-26(29,30)11-14/h9,13-15,17,21H,6-8,10-12H2,1-5H3,(H,35,40)(H,36,39)/t17-,21+/m0/s1. The Morgan fingerprint density at radius 1 is 1.15 bits per heavy atom. The van der Waals surface area contributed by atoms with E-state index in [1.807, 2.05) is 0 Å². The largest absolute Gasteiger partial charge is 0.444 e. The molecule has 0 saturated heterocycles. The van der Waals surface area contributed by atoms with Crippen molar-refractivity contribution in [2.24, 2.45) is 17.3 Å². The molecule has 0 bridgehead atoms. The van der Waals surface area contributed by atoms with Crippen molar-refractivity contribution in [1.29, 1.82) is 0 Å². The smallest absolute Gasteiger partial charge is 0.408 e. The molecule has 2 saturated carbocycles. The molecule has 0 aliphatic heterocycles. The second-order valence-electron chi connectivity index (χ2n) is 12.9. The number of imidazole rings is 1. The van der Waals surface area contributed by atoms with Crippen LogP contribution in [-0.4, -0.2) is 44.3 Å². The predicted octanol–water partition coefficient (Wildman–Crippen LogP) is 6.93. The molecule has 41 heavy (non-hydrogen) atoms. The van der Waals surface area contributed by atoms with Gasteiger partial charge in [0.1, 0.15) is 5.60 Å². The summed E-state index contributed by atoms with van der Waals surface area (Å²) in [7, 11) is 0. The third-order valence-electron chi connectivity index (χ3n) is 7.37. The van der Waals surface area contributed by atoms with Gasteiger partial charge in [0.2, 0.25) is 11.8 Å². The minimum Gasteiger partial charge on any atom is -0.444 e. The van der Waals surface area contributed by atoms with E-state index >= 15 is 0 Å². The Morgan fingerprint density at radius 2 is 1.78 bits per heavy atom. The van der Waals surface area contributed by atoms with E-state index < -0.39 is 47.7 Å². The SMILES string of the molecule is CC(C)(C)OC(=O)N[C@@H](CC(C)(C)C(F)(F)F)c1cn2nc(Cl)c([C@H](NC(=O)CC3CC(F)(F)C3)C3CC3)cc2n1. The fourth-order valence-electron chi connectivity index (χ4n) is 4.93. The summed E-state index contributed by atoms with van der Waals surface area (Å²) >= 11 is 6.50. The molecule has 2 heterocycles. The molecule has 0 aromatic carbocycles. The molecule has 4 rings (SSSR count). The molecule has 2 aliphatic rings. The molecule has 14 heteroatoms. The molecule has 2 N–H and O–H groups in total. The molecule has 2 aliphatic carbocycles. The van der Waals surface area contributed by atoms with E-state index in [2.05, 4.69) is 20.7 Å². The zero-order valence-electron chi connectivity index (χ0n) is 23.5. The molecule has 2 aromatic rings. The number of carbonyl (C=O) groups excluding carboxylic acids is 2. The summed E-state index contributed by atoms with van der Waals surface area (Å²) in [4.78, 5) is 29.7. The van der Waals surface area contributed by atoms with Crippen molar-refractivity contribution in [3.8, 4) is 0 Å². The maximum Gasteiger partial charge on any atom is 0.408 e. The zero-order valence-corrected chi connectivity index (χ0v) is 24.3. The average Bonchev–Trinajstić information content (AvgIpc) is 3.52. The number of alkyl carbamates (subject to hydrolysis) is 1. The van der Waals surface area contributed by atoms with Gasteiger partial charge in [0.25, 0.3) is 0 Å². The monoisotopic (exact) mass is 607 g/mol. The van der Waals surface area contributed by atoms with Gasteiger partial charge in [-0.2, -0.15) is 18.3 Å². The van der Waals surface area contributed by atoms with Crippen LogP contribution in [0.15, 0.2) is 12.3 Å². The van der Waals surface area contributed by atoms with Crippen LogP contribution in [0.5, 0.6) is 0 Å². The lowest BCUT2D eigenvalue weighted by molar-refractivity contribution is -0.215. The Balaban J connectivity index is 1.60. The quantitative estimate of drug-likeness (QED) is 0.301. The van der Waals surface area contributed by atoms with E-state index in [9.17, 15) is 31.5 Å². The highest BCUT2D eigenvalue weighted by Crippen LogP contribution is 2.46. The molecule has 2 fully saturated rings. The molecule has 2 amide bonds. The summed E-state index contributed by atoms with van der Waals surface area (Å²) in [5, 5.41) is 9.79. The lowest BCUT2D eigenvalue weighted by Crippen LogP contribution is -2.40. The summed E-state index contributed by atoms with van der Waals surface area (Å²) in [5.41, 5.74) is -2.22. The van der Waals surface area contributed by atoms with Gasteiger partial charge in [-0.3, -0.25) is 4.79 Å². The first-order chi connectivity index (χ1) is 18.7. The summed E-state index contributed by atoms with van der Waals surface area (Å²) in [6, 6.07) is -0.100. The van der Waals surface area contributed by atoms with Gasteiger partial charge in [-0.25, -0.2) is 23.1 Å². The van der Waals surface area contributed by atoms with Crippen LogP contribution in [0, 0.1) is 17.3 Å². The van der Waals surface area contributed by atoms with Crippen molar-refractivity contribution >= 4 is 29.2 Å². The topological polar surface area (TPSA) is 97.6 Å². The molecule has 0 radical (unpaired) electrons. The Morgan fingerprint density at radius 3 is 2.32 bits per heavy atom. The van der Waals surface area contributed by atoms with Crippen molar-refractivity contribution in [2.45, 2.75) is 103 Å². The summed E-state index contributed by atoms with van der Waals surface area (Å²) in [5.74, 6) is -3.39. The number of fused-ring (bicyclic) bond motifs is 1. The first-order valence-electron chi connectivity index (χ1n) is 13.5. The molecule has 0 unspecified atom stereocenters. The van der Waals surface area contributed by atoms with Gasteiger partial charge in [-0.15, -0.1) is 0 Å². The highest BCUT2D eigenvalue weighted by Gasteiger charge is 2.49. The van der Waals surface area contributed by atoms with Crippen molar-refractivity contribution in [3.63, 3.8) is 0 Å². The van der Waals surface area contributed by atoms with Gasteiger partial charge in [0.15, 0.2) is 10.8 Å². The van der Waals surface area contributed by atoms with Crippen LogP contribution in [-0.2, 0) is 9.53 Å². The Labute approximate surface area is 239 Å². The third-order valence-corrected chi connectivity index (χ3v) is 7.67. The van der Waals surface area contributed by atoms with Gasteiger partial charge in [0, 0.05) is 24.8 Å². The number of ether oxygens (including phenoxy) is 1. The van der Waals surface area contributed by atoms with E-state index in [4.69, 9.17) is 16.3 Å². The number of hydrogen-bond acceptors (Lipinski definition) is 5. The van der Waals surface area contributed by atoms with E-state index in [0.717, 1.165) is 26.7 Å². The van der Waals surface area contributed by atoms with Gasteiger partial charge >= 0.3 is 12.3 Å². The second-order valence-corrected chi connectivity index (χ2v) is 13.2. The van der Waals surface area contributed by atoms with Crippen LogP contribution in [0.1, 0.15) is 96.5 Å². The fraction of sp³-hybridized carbons (Fsp3) is 0.704. The second kappa shape index (κ2) is 10.9. The van der Waals surface area contributed by atoms with E-state index in [1.165, 1.54) is 10.7 Å². The third kappa shape index (κ3) is 7.78. The zero-order chi connectivity index (χ0) is 30.5. The van der Waals surface area contributed by atoms with Crippen LogP contribution < -0.4 is 10.6 Å². The number of alkyl halides is 5. The Hall–Kier alpha value is -2.70. The maximum atomic E-state index is 13.8. The first-order valence-corrected chi connectivity index (χ1v) is 13.9. The molecule has 8 nitrogen and oxygen atoms in total. The minimum absolute atomic E-state index is 0.0212. The van der Waals surface area contributed by atoms with Crippen molar-refractivity contribution < 1.29 is 36.3 Å². The van der Waals surface area contributed by atoms with Crippen molar-refractivity contribution in [3.05, 3.63) is 28.7 Å². The van der Waals surface area contributed by atoms with E-state index in [-0.39, 0.29) is 53.5 Å². The normalized spacial score (nSPS) is 19.4. The van der Waals surface area contributed by atoms with Gasteiger partial charge in [-0.1, -0.05) is 25.4 Å². The molecule has 228 valence electrons. The number of carbonyl (C=O) groups is 2. The number of nitrogens with one attached hydrogen (secondary N) is 2. The molecule has 0 spiro atoms. The molecular weight excluding hydrogens is 573 g/mol. The Bertz CT molecular complexity index is 1290. The van der Waals surface area contributed by atoms with Crippen LogP contribution in [0.25, 0.3) is 5.65 Å². The minimum atomic E-state index is -4.56. The molecular formula is C27H35ClF5N5O3. The Kier molecular flexibility index (Phi) is 8.27. The number of rotatable bonds is 9. The van der Waals surface area contributed by atoms with E-state index in [0.29, 0.717) is 5.56 Å². The average molecular weight is 608 g/mol. The van der Waals surface area contributed by atoms with Gasteiger partial charge in [-0.05, 0) is 57.9 Å². The van der Waals surface area contributed by atoms with E-state index in [1.54, 1.807) is 26.8 Å². The molecule has 2 aromatic heterocycles. The van der Waals surface area contributed by atoms with Crippen LogP contribution in [0.3, 0.4) is 0 Å². The van der Waals surface area contributed by atoms with Crippen LogP contribution >= 0.6 is 11.6 Å². The summed E-state index contributed by atoms with van der Waals surface area (Å²) < 4.78 is 74.3. The number of hydrogen-bond donors (Lipinski definition) is 2. The first kappa shape index (κ1) is 31.2. The molecule has 2 atom stereocenters. The predicted molar refractivity (Wildman–Crippen MR) is 140 cm³/mol. The van der Waals surface area contributed by atoms with Gasteiger partial charge < -0.3 is 15.4 Å².